The Morgan fingerprint density at radius 1 is 1.45 bits per heavy atom. The summed E-state index contributed by atoms with van der Waals surface area (Å²) in [5.41, 5.74) is 0.535. The maximum Gasteiger partial charge on any atom is 0.275 e. The van der Waals surface area contributed by atoms with Crippen molar-refractivity contribution in [2.75, 3.05) is 0 Å². The lowest BCUT2D eigenvalue weighted by molar-refractivity contribution is 0.840. The second-order valence-electron chi connectivity index (χ2n) is 2.03. The Kier molecular flexibility index (Phi) is 4.18. The first-order valence-corrected chi connectivity index (χ1v) is 3.69. The smallest absolute Gasteiger partial charge is 0.275 e. The molecule has 11 heavy (non-hydrogen) atoms. The molecule has 0 spiro atoms. The zero-order chi connectivity index (χ0) is 8.85. The van der Waals surface area contributed by atoms with Gasteiger partial charge in [-0.3, -0.25) is 4.79 Å². The van der Waals surface area contributed by atoms with E-state index in [4.69, 9.17) is 0 Å². The van der Waals surface area contributed by atoms with Crippen LogP contribution in [-0.2, 0) is 7.05 Å². The summed E-state index contributed by atoms with van der Waals surface area (Å²) in [4.78, 5) is 14.2. The highest BCUT2D eigenvalue weighted by Gasteiger charge is 1.89. The Hall–Kier alpha value is -1.12. The molecule has 3 heteroatoms. The van der Waals surface area contributed by atoms with Gasteiger partial charge in [-0.1, -0.05) is 13.8 Å². The average Bonchev–Trinajstić information content (AvgIpc) is 2.02. The van der Waals surface area contributed by atoms with Crippen LogP contribution in [0.15, 0.2) is 17.3 Å². The predicted molar refractivity (Wildman–Crippen MR) is 45.6 cm³/mol. The second-order valence-corrected chi connectivity index (χ2v) is 2.03. The molecule has 1 aromatic heterocycles. The molecule has 0 aliphatic carbocycles. The number of aryl methyl sites for hydroxylation is 2. The molecule has 1 aromatic rings. The Bertz CT molecular complexity index is 265. The van der Waals surface area contributed by atoms with Crippen molar-refractivity contribution in [1.82, 2.24) is 9.55 Å². The van der Waals surface area contributed by atoms with E-state index in [1.54, 1.807) is 17.7 Å². The first-order valence-electron chi connectivity index (χ1n) is 3.69. The van der Waals surface area contributed by atoms with E-state index >= 15 is 0 Å². The van der Waals surface area contributed by atoms with E-state index in [0.29, 0.717) is 5.56 Å². The largest absolute Gasteiger partial charge is 0.342 e. The summed E-state index contributed by atoms with van der Waals surface area (Å²) in [5.74, 6) is 0. The minimum atomic E-state index is -0.145. The van der Waals surface area contributed by atoms with Gasteiger partial charge in [0, 0.05) is 18.8 Å². The van der Waals surface area contributed by atoms with E-state index in [1.807, 2.05) is 20.9 Å². The summed E-state index contributed by atoms with van der Waals surface area (Å²) in [5, 5.41) is 0. The monoisotopic (exact) mass is 154 g/mol. The lowest BCUT2D eigenvalue weighted by atomic mass is 10.4. The minimum Gasteiger partial charge on any atom is -0.342 e. The van der Waals surface area contributed by atoms with Crippen molar-refractivity contribution in [1.29, 1.82) is 0 Å². The van der Waals surface area contributed by atoms with Crippen LogP contribution in [0.3, 0.4) is 0 Å². The molecule has 3 nitrogen and oxygen atoms in total. The predicted octanol–water partition coefficient (Wildman–Crippen LogP) is 1.11. The van der Waals surface area contributed by atoms with Crippen LogP contribution < -0.4 is 5.56 Å². The zero-order valence-electron chi connectivity index (χ0n) is 7.46. The van der Waals surface area contributed by atoms with Crippen molar-refractivity contribution in [2.45, 2.75) is 20.8 Å². The topological polar surface area (TPSA) is 34.9 Å². The highest BCUT2D eigenvalue weighted by Crippen LogP contribution is 1.81. The van der Waals surface area contributed by atoms with Gasteiger partial charge in [0.05, 0.1) is 6.33 Å². The van der Waals surface area contributed by atoms with Crippen molar-refractivity contribution in [3.8, 4) is 0 Å². The van der Waals surface area contributed by atoms with Crippen LogP contribution in [0.5, 0.6) is 0 Å². The molecule has 0 radical (unpaired) electrons. The van der Waals surface area contributed by atoms with Crippen molar-refractivity contribution in [3.05, 3.63) is 28.4 Å². The van der Waals surface area contributed by atoms with E-state index in [0.717, 1.165) is 0 Å². The van der Waals surface area contributed by atoms with Gasteiger partial charge in [0.1, 0.15) is 0 Å². The van der Waals surface area contributed by atoms with E-state index < -0.39 is 0 Å². The fraction of sp³-hybridized carbons (Fsp3) is 0.500. The highest BCUT2D eigenvalue weighted by molar-refractivity contribution is 4.99. The molecular weight excluding hydrogens is 140 g/mol. The quantitative estimate of drug-likeness (QED) is 0.561. The Labute approximate surface area is 66.7 Å². The van der Waals surface area contributed by atoms with Crippen molar-refractivity contribution < 1.29 is 0 Å². The molecule has 0 aliphatic rings. The summed E-state index contributed by atoms with van der Waals surface area (Å²) in [7, 11) is 1.83. The van der Waals surface area contributed by atoms with Gasteiger partial charge in [0.15, 0.2) is 0 Å². The van der Waals surface area contributed by atoms with Crippen LogP contribution in [-0.4, -0.2) is 9.55 Å². The zero-order valence-corrected chi connectivity index (χ0v) is 7.46. The standard InChI is InChI=1S/C6H8N2O.C2H6/c1-5-3-8(2)4-7-6(5)9;1-2/h3-4H,1-2H3;1-2H3. The number of hydrogen-bond acceptors (Lipinski definition) is 2. The molecule has 62 valence electrons. The molecule has 1 rings (SSSR count). The van der Waals surface area contributed by atoms with Crippen LogP contribution in [0, 0.1) is 6.92 Å². The third kappa shape index (κ3) is 2.98. The fourth-order valence-electron chi connectivity index (χ4n) is 0.639. The summed E-state index contributed by atoms with van der Waals surface area (Å²) in [6.07, 6.45) is 3.24. The normalized spacial score (nSPS) is 8.36. The van der Waals surface area contributed by atoms with Gasteiger partial charge in [-0.25, -0.2) is 0 Å². The fourth-order valence-corrected chi connectivity index (χ4v) is 0.639. The molecule has 0 aromatic carbocycles. The molecule has 0 bridgehead atoms. The lowest BCUT2D eigenvalue weighted by Crippen LogP contribution is -2.11. The van der Waals surface area contributed by atoms with Gasteiger partial charge >= 0.3 is 0 Å². The summed E-state index contributed by atoms with van der Waals surface area (Å²) < 4.78 is 1.75. The lowest BCUT2D eigenvalue weighted by Gasteiger charge is -1.94. The van der Waals surface area contributed by atoms with Crippen molar-refractivity contribution in [2.24, 2.45) is 7.05 Å². The first kappa shape index (κ1) is 9.88. The Balaban J connectivity index is 0.000000461. The molecule has 0 amide bonds. The van der Waals surface area contributed by atoms with Crippen LogP contribution in [0.1, 0.15) is 19.4 Å². The Morgan fingerprint density at radius 3 is 2.36 bits per heavy atom. The molecule has 1 heterocycles. The van der Waals surface area contributed by atoms with Gasteiger partial charge < -0.3 is 4.57 Å². The van der Waals surface area contributed by atoms with Crippen LogP contribution >= 0.6 is 0 Å². The summed E-state index contributed by atoms with van der Waals surface area (Å²) in [6.45, 7) is 5.75. The molecule has 0 saturated heterocycles. The molecule has 0 N–H and O–H groups in total. The molecular formula is C8H14N2O. The third-order valence-corrected chi connectivity index (χ3v) is 1.09. The summed E-state index contributed by atoms with van der Waals surface area (Å²) in [6, 6.07) is 0. The maximum atomic E-state index is 10.6. The third-order valence-electron chi connectivity index (χ3n) is 1.09. The number of nitrogens with zero attached hydrogens (tertiary/aromatic N) is 2. The SMILES string of the molecule is CC.Cc1cn(C)cnc1=O. The van der Waals surface area contributed by atoms with E-state index in [2.05, 4.69) is 4.98 Å². The van der Waals surface area contributed by atoms with Gasteiger partial charge in [-0.15, -0.1) is 0 Å². The molecule has 0 unspecified atom stereocenters. The molecule has 0 atom stereocenters. The van der Waals surface area contributed by atoms with E-state index in [-0.39, 0.29) is 5.56 Å². The van der Waals surface area contributed by atoms with Crippen LogP contribution in [0.25, 0.3) is 0 Å². The maximum absolute atomic E-state index is 10.6. The van der Waals surface area contributed by atoms with Crippen LogP contribution in [0.2, 0.25) is 0 Å². The number of aromatic nitrogens is 2. The van der Waals surface area contributed by atoms with E-state index in [9.17, 15) is 4.79 Å². The molecule has 0 saturated carbocycles. The first-order chi connectivity index (χ1) is 5.20. The van der Waals surface area contributed by atoms with E-state index in [1.165, 1.54) is 6.33 Å². The van der Waals surface area contributed by atoms with Crippen molar-refractivity contribution in [3.63, 3.8) is 0 Å². The van der Waals surface area contributed by atoms with Gasteiger partial charge in [0.25, 0.3) is 5.56 Å². The van der Waals surface area contributed by atoms with Gasteiger partial charge in [0.2, 0.25) is 0 Å². The Morgan fingerprint density at radius 2 is 2.00 bits per heavy atom. The average molecular weight is 154 g/mol. The number of hydrogen-bond donors (Lipinski definition) is 0. The van der Waals surface area contributed by atoms with Gasteiger partial charge in [-0.2, -0.15) is 4.98 Å². The second kappa shape index (κ2) is 4.66. The van der Waals surface area contributed by atoms with Crippen molar-refractivity contribution >= 4 is 0 Å². The highest BCUT2D eigenvalue weighted by atomic mass is 16.1. The molecule has 0 aliphatic heterocycles. The summed E-state index contributed by atoms with van der Waals surface area (Å²) >= 11 is 0. The molecule has 0 fully saturated rings. The van der Waals surface area contributed by atoms with Crippen LogP contribution in [0.4, 0.5) is 0 Å². The van der Waals surface area contributed by atoms with Gasteiger partial charge in [-0.05, 0) is 6.92 Å². The number of rotatable bonds is 0. The minimum absolute atomic E-state index is 0.145.